The fraction of sp³-hybridized carbons (Fsp3) is 1.00. The van der Waals surface area contributed by atoms with E-state index in [2.05, 4.69) is 47.0 Å². The normalized spacial score (nSPS) is 29.8. The molecule has 0 aromatic carbocycles. The third kappa shape index (κ3) is 4.89. The molecular weight excluding hydrogens is 222 g/mol. The van der Waals surface area contributed by atoms with Crippen LogP contribution in [0.4, 0.5) is 0 Å². The molecule has 0 saturated heterocycles. The lowest BCUT2D eigenvalue weighted by Crippen LogP contribution is -2.46. The zero-order valence-electron chi connectivity index (χ0n) is 13.3. The lowest BCUT2D eigenvalue weighted by molar-refractivity contribution is -0.0293. The average Bonchev–Trinajstić information content (AvgIpc) is 2.27. The highest BCUT2D eigenvalue weighted by atomic mass is 16.5. The van der Waals surface area contributed by atoms with Crippen molar-refractivity contribution in [3.63, 3.8) is 0 Å². The molecule has 3 unspecified atom stereocenters. The van der Waals surface area contributed by atoms with Gasteiger partial charge in [-0.25, -0.2) is 0 Å². The van der Waals surface area contributed by atoms with Crippen molar-refractivity contribution in [2.75, 3.05) is 13.7 Å². The Morgan fingerprint density at radius 1 is 1.22 bits per heavy atom. The number of likely N-dealkylation sites (N-methyl/N-ethyl adjacent to an activating group) is 1. The number of nitrogens with one attached hydrogen (secondary N) is 1. The molecular formula is C16H33NO. The van der Waals surface area contributed by atoms with E-state index in [4.69, 9.17) is 4.74 Å². The van der Waals surface area contributed by atoms with Crippen molar-refractivity contribution in [2.24, 2.45) is 17.3 Å². The molecule has 1 aliphatic carbocycles. The maximum atomic E-state index is 6.16. The summed E-state index contributed by atoms with van der Waals surface area (Å²) in [6, 6.07) is 0.552. The summed E-state index contributed by atoms with van der Waals surface area (Å²) in [5.74, 6) is 1.53. The van der Waals surface area contributed by atoms with Crippen molar-refractivity contribution in [1.82, 2.24) is 5.32 Å². The van der Waals surface area contributed by atoms with Gasteiger partial charge < -0.3 is 10.1 Å². The molecule has 0 aromatic heterocycles. The Morgan fingerprint density at radius 2 is 1.89 bits per heavy atom. The van der Waals surface area contributed by atoms with Gasteiger partial charge in [0.2, 0.25) is 0 Å². The fourth-order valence-corrected chi connectivity index (χ4v) is 2.89. The SMILES string of the molecule is CNC1CCC(C(C)(C)C)CC1OCCC(C)C. The Labute approximate surface area is 114 Å². The Kier molecular flexibility index (Phi) is 6.13. The standard InChI is InChI=1S/C16H33NO/c1-12(2)9-10-18-15-11-13(16(3,4)5)7-8-14(15)17-6/h12-15,17H,7-11H2,1-6H3. The predicted molar refractivity (Wildman–Crippen MR) is 78.8 cm³/mol. The number of hydrogen-bond donors (Lipinski definition) is 1. The van der Waals surface area contributed by atoms with E-state index in [1.54, 1.807) is 0 Å². The van der Waals surface area contributed by atoms with Gasteiger partial charge in [0.1, 0.15) is 0 Å². The first-order chi connectivity index (χ1) is 8.34. The molecule has 18 heavy (non-hydrogen) atoms. The number of rotatable bonds is 5. The smallest absolute Gasteiger partial charge is 0.0730 e. The highest BCUT2D eigenvalue weighted by Crippen LogP contribution is 2.38. The second-order valence-electron chi connectivity index (χ2n) is 7.36. The van der Waals surface area contributed by atoms with Gasteiger partial charge >= 0.3 is 0 Å². The van der Waals surface area contributed by atoms with Gasteiger partial charge in [-0.3, -0.25) is 0 Å². The number of hydrogen-bond acceptors (Lipinski definition) is 2. The van der Waals surface area contributed by atoms with Gasteiger partial charge in [0.15, 0.2) is 0 Å². The minimum atomic E-state index is 0.409. The van der Waals surface area contributed by atoms with Gasteiger partial charge in [0.25, 0.3) is 0 Å². The van der Waals surface area contributed by atoms with E-state index >= 15 is 0 Å². The highest BCUT2D eigenvalue weighted by molar-refractivity contribution is 4.89. The molecule has 0 aliphatic heterocycles. The molecule has 0 aromatic rings. The minimum Gasteiger partial charge on any atom is -0.377 e. The van der Waals surface area contributed by atoms with Crippen LogP contribution in [0, 0.1) is 17.3 Å². The van der Waals surface area contributed by atoms with Crippen LogP contribution in [0.1, 0.15) is 60.3 Å². The molecule has 1 fully saturated rings. The van der Waals surface area contributed by atoms with Gasteiger partial charge in [-0.05, 0) is 50.0 Å². The third-order valence-electron chi connectivity index (χ3n) is 4.41. The average molecular weight is 255 g/mol. The first-order valence-electron chi connectivity index (χ1n) is 7.63. The maximum absolute atomic E-state index is 6.16. The van der Waals surface area contributed by atoms with Crippen LogP contribution in [0.5, 0.6) is 0 Å². The molecule has 3 atom stereocenters. The van der Waals surface area contributed by atoms with Crippen molar-refractivity contribution >= 4 is 0 Å². The van der Waals surface area contributed by atoms with E-state index in [0.717, 1.165) is 18.4 Å². The quantitative estimate of drug-likeness (QED) is 0.805. The summed E-state index contributed by atoms with van der Waals surface area (Å²) in [6.07, 6.45) is 5.39. The first kappa shape index (κ1) is 16.0. The zero-order valence-corrected chi connectivity index (χ0v) is 13.3. The van der Waals surface area contributed by atoms with E-state index in [1.165, 1.54) is 25.7 Å². The van der Waals surface area contributed by atoms with Crippen molar-refractivity contribution < 1.29 is 4.74 Å². The van der Waals surface area contributed by atoms with Gasteiger partial charge in [0, 0.05) is 12.6 Å². The highest BCUT2D eigenvalue weighted by Gasteiger charge is 2.35. The summed E-state index contributed by atoms with van der Waals surface area (Å²) in [6.45, 7) is 12.5. The van der Waals surface area contributed by atoms with Crippen molar-refractivity contribution in [3.8, 4) is 0 Å². The summed E-state index contributed by atoms with van der Waals surface area (Å²) < 4.78 is 6.16. The Morgan fingerprint density at radius 3 is 2.39 bits per heavy atom. The van der Waals surface area contributed by atoms with Gasteiger partial charge in [0.05, 0.1) is 6.10 Å². The van der Waals surface area contributed by atoms with Crippen LogP contribution < -0.4 is 5.32 Å². The van der Waals surface area contributed by atoms with Gasteiger partial charge in [-0.15, -0.1) is 0 Å². The van der Waals surface area contributed by atoms with E-state index in [0.29, 0.717) is 17.6 Å². The van der Waals surface area contributed by atoms with Crippen LogP contribution in [0.15, 0.2) is 0 Å². The van der Waals surface area contributed by atoms with Crippen molar-refractivity contribution in [2.45, 2.75) is 72.4 Å². The third-order valence-corrected chi connectivity index (χ3v) is 4.41. The molecule has 2 heteroatoms. The lowest BCUT2D eigenvalue weighted by Gasteiger charge is -2.41. The van der Waals surface area contributed by atoms with E-state index in [-0.39, 0.29) is 0 Å². The summed E-state index contributed by atoms with van der Waals surface area (Å²) in [5, 5.41) is 3.44. The molecule has 1 saturated carbocycles. The molecule has 0 spiro atoms. The van der Waals surface area contributed by atoms with Crippen LogP contribution in [-0.4, -0.2) is 25.8 Å². The second kappa shape index (κ2) is 6.91. The molecule has 0 heterocycles. The topological polar surface area (TPSA) is 21.3 Å². The number of ether oxygens (including phenoxy) is 1. The van der Waals surface area contributed by atoms with E-state index in [1.807, 2.05) is 0 Å². The minimum absolute atomic E-state index is 0.409. The summed E-state index contributed by atoms with van der Waals surface area (Å²) >= 11 is 0. The van der Waals surface area contributed by atoms with Crippen LogP contribution in [-0.2, 0) is 4.74 Å². The molecule has 0 amide bonds. The van der Waals surface area contributed by atoms with E-state index < -0.39 is 0 Å². The van der Waals surface area contributed by atoms with Gasteiger partial charge in [-0.2, -0.15) is 0 Å². The molecule has 108 valence electrons. The van der Waals surface area contributed by atoms with E-state index in [9.17, 15) is 0 Å². The van der Waals surface area contributed by atoms with Crippen LogP contribution in [0.25, 0.3) is 0 Å². The first-order valence-corrected chi connectivity index (χ1v) is 7.63. The van der Waals surface area contributed by atoms with Crippen molar-refractivity contribution in [3.05, 3.63) is 0 Å². The zero-order chi connectivity index (χ0) is 13.8. The van der Waals surface area contributed by atoms with Crippen LogP contribution >= 0.6 is 0 Å². The second-order valence-corrected chi connectivity index (χ2v) is 7.36. The molecule has 1 rings (SSSR count). The molecule has 1 N–H and O–H groups in total. The maximum Gasteiger partial charge on any atom is 0.0730 e. The summed E-state index contributed by atoms with van der Waals surface area (Å²) in [5.41, 5.74) is 0.415. The predicted octanol–water partition coefficient (Wildman–Crippen LogP) is 3.85. The van der Waals surface area contributed by atoms with Crippen LogP contribution in [0.3, 0.4) is 0 Å². The summed E-state index contributed by atoms with van der Waals surface area (Å²) in [7, 11) is 2.07. The Bertz CT molecular complexity index is 232. The summed E-state index contributed by atoms with van der Waals surface area (Å²) in [4.78, 5) is 0. The lowest BCUT2D eigenvalue weighted by atomic mass is 9.70. The molecule has 1 aliphatic rings. The molecule has 0 bridgehead atoms. The monoisotopic (exact) mass is 255 g/mol. The Hall–Kier alpha value is -0.0800. The Balaban J connectivity index is 2.49. The molecule has 0 radical (unpaired) electrons. The largest absolute Gasteiger partial charge is 0.377 e. The fourth-order valence-electron chi connectivity index (χ4n) is 2.89. The van der Waals surface area contributed by atoms with Gasteiger partial charge in [-0.1, -0.05) is 34.6 Å². The molecule has 2 nitrogen and oxygen atoms in total. The van der Waals surface area contributed by atoms with Crippen molar-refractivity contribution in [1.29, 1.82) is 0 Å². The van der Waals surface area contributed by atoms with Crippen LogP contribution in [0.2, 0.25) is 0 Å².